The van der Waals surface area contributed by atoms with Gasteiger partial charge in [0.1, 0.15) is 0 Å². The van der Waals surface area contributed by atoms with Gasteiger partial charge in [-0.3, -0.25) is 4.98 Å². The van der Waals surface area contributed by atoms with E-state index in [2.05, 4.69) is 16.1 Å². The lowest BCUT2D eigenvalue weighted by Gasteiger charge is -2.07. The van der Waals surface area contributed by atoms with Crippen molar-refractivity contribution in [2.75, 3.05) is 0 Å². The maximum atomic E-state index is 6.28. The third-order valence-corrected chi connectivity index (χ3v) is 3.97. The summed E-state index contributed by atoms with van der Waals surface area (Å²) in [5.41, 5.74) is 2.90. The monoisotopic (exact) mass is 305 g/mol. The van der Waals surface area contributed by atoms with Gasteiger partial charge in [-0.25, -0.2) is 4.68 Å². The lowest BCUT2D eigenvalue weighted by Crippen LogP contribution is -1.95. The Balaban J connectivity index is 1.87. The maximum absolute atomic E-state index is 6.28. The average molecular weight is 306 g/mol. The van der Waals surface area contributed by atoms with Crippen LogP contribution in [0.3, 0.4) is 0 Å². The van der Waals surface area contributed by atoms with E-state index in [1.807, 2.05) is 65.6 Å². The van der Waals surface area contributed by atoms with Crippen LogP contribution >= 0.6 is 11.6 Å². The van der Waals surface area contributed by atoms with Crippen molar-refractivity contribution in [3.8, 4) is 16.9 Å². The van der Waals surface area contributed by atoms with Crippen molar-refractivity contribution < 1.29 is 0 Å². The third-order valence-electron chi connectivity index (χ3n) is 3.64. The molecule has 2 heterocycles. The number of fused-ring (bicyclic) bond motifs is 1. The molecule has 0 amide bonds. The second kappa shape index (κ2) is 5.28. The van der Waals surface area contributed by atoms with Gasteiger partial charge < -0.3 is 0 Å². The molecule has 22 heavy (non-hydrogen) atoms. The number of halogens is 1. The SMILES string of the molecule is Clc1ccc(-n2cc(-c3ccccn3)cn2)c2ccccc12. The minimum Gasteiger partial charge on any atom is -0.256 e. The fraction of sp³-hybridized carbons (Fsp3) is 0. The topological polar surface area (TPSA) is 30.7 Å². The van der Waals surface area contributed by atoms with Crippen LogP contribution in [0.4, 0.5) is 0 Å². The zero-order valence-corrected chi connectivity index (χ0v) is 12.4. The molecule has 106 valence electrons. The van der Waals surface area contributed by atoms with Crippen LogP contribution in [0.25, 0.3) is 27.7 Å². The molecule has 0 radical (unpaired) electrons. The Bertz CT molecular complexity index is 945. The predicted molar refractivity (Wildman–Crippen MR) is 89.3 cm³/mol. The van der Waals surface area contributed by atoms with E-state index in [9.17, 15) is 0 Å². The first kappa shape index (κ1) is 13.0. The van der Waals surface area contributed by atoms with Gasteiger partial charge in [-0.2, -0.15) is 5.10 Å². The molecule has 0 aliphatic heterocycles. The first-order valence-corrected chi connectivity index (χ1v) is 7.34. The van der Waals surface area contributed by atoms with Crippen LogP contribution in [0.15, 0.2) is 73.2 Å². The molecule has 0 fully saturated rings. The lowest BCUT2D eigenvalue weighted by molar-refractivity contribution is 0.888. The number of pyridine rings is 1. The second-order valence-corrected chi connectivity index (χ2v) is 5.41. The smallest absolute Gasteiger partial charge is 0.0733 e. The molecule has 0 unspecified atom stereocenters. The number of nitrogens with zero attached hydrogens (tertiary/aromatic N) is 3. The Hall–Kier alpha value is -2.65. The number of benzene rings is 2. The summed E-state index contributed by atoms with van der Waals surface area (Å²) < 4.78 is 1.86. The summed E-state index contributed by atoms with van der Waals surface area (Å²) in [5.74, 6) is 0. The van der Waals surface area contributed by atoms with E-state index in [1.54, 1.807) is 6.20 Å². The molecular formula is C18H12ClN3. The van der Waals surface area contributed by atoms with Crippen molar-refractivity contribution in [1.29, 1.82) is 0 Å². The first-order chi connectivity index (χ1) is 10.8. The molecule has 4 rings (SSSR count). The fourth-order valence-corrected chi connectivity index (χ4v) is 2.79. The quantitative estimate of drug-likeness (QED) is 0.535. The van der Waals surface area contributed by atoms with E-state index >= 15 is 0 Å². The van der Waals surface area contributed by atoms with Crippen LogP contribution in [0.1, 0.15) is 0 Å². The number of hydrogen-bond acceptors (Lipinski definition) is 2. The van der Waals surface area contributed by atoms with Crippen molar-refractivity contribution in [3.63, 3.8) is 0 Å². The van der Waals surface area contributed by atoms with Crippen LogP contribution in [-0.4, -0.2) is 14.8 Å². The van der Waals surface area contributed by atoms with Crippen LogP contribution in [0, 0.1) is 0 Å². The summed E-state index contributed by atoms with van der Waals surface area (Å²) >= 11 is 6.28. The third kappa shape index (κ3) is 2.16. The minimum absolute atomic E-state index is 0.747. The molecule has 4 aromatic rings. The van der Waals surface area contributed by atoms with Crippen LogP contribution in [0.5, 0.6) is 0 Å². The highest BCUT2D eigenvalue weighted by Gasteiger charge is 2.08. The highest BCUT2D eigenvalue weighted by Crippen LogP contribution is 2.29. The molecule has 2 aromatic carbocycles. The largest absolute Gasteiger partial charge is 0.256 e. The highest BCUT2D eigenvalue weighted by molar-refractivity contribution is 6.35. The molecule has 4 heteroatoms. The maximum Gasteiger partial charge on any atom is 0.0733 e. The molecule has 0 saturated carbocycles. The van der Waals surface area contributed by atoms with Gasteiger partial charge in [0.15, 0.2) is 0 Å². The van der Waals surface area contributed by atoms with E-state index in [0.29, 0.717) is 0 Å². The molecular weight excluding hydrogens is 294 g/mol. The molecule has 0 aliphatic carbocycles. The summed E-state index contributed by atoms with van der Waals surface area (Å²) in [6, 6.07) is 17.8. The van der Waals surface area contributed by atoms with Crippen LogP contribution in [0.2, 0.25) is 5.02 Å². The standard InChI is InChI=1S/C18H12ClN3/c19-16-8-9-18(15-6-2-1-5-14(15)16)22-12-13(11-21-22)17-7-3-4-10-20-17/h1-12H. The zero-order valence-electron chi connectivity index (χ0n) is 11.6. The van der Waals surface area contributed by atoms with Gasteiger partial charge in [0.25, 0.3) is 0 Å². The lowest BCUT2D eigenvalue weighted by atomic mass is 10.1. The van der Waals surface area contributed by atoms with Crippen molar-refractivity contribution in [2.45, 2.75) is 0 Å². The summed E-state index contributed by atoms with van der Waals surface area (Å²) in [6.45, 7) is 0. The molecule has 0 spiro atoms. The van der Waals surface area contributed by atoms with E-state index in [0.717, 1.165) is 32.7 Å². The number of rotatable bonds is 2. The molecule has 0 saturated heterocycles. The van der Waals surface area contributed by atoms with E-state index in [-0.39, 0.29) is 0 Å². The van der Waals surface area contributed by atoms with E-state index in [1.165, 1.54) is 0 Å². The Morgan fingerprint density at radius 2 is 1.68 bits per heavy atom. The van der Waals surface area contributed by atoms with Crippen molar-refractivity contribution >= 4 is 22.4 Å². The van der Waals surface area contributed by atoms with Gasteiger partial charge in [-0.1, -0.05) is 41.9 Å². The van der Waals surface area contributed by atoms with E-state index < -0.39 is 0 Å². The predicted octanol–water partition coefficient (Wildman–Crippen LogP) is 4.74. The number of aromatic nitrogens is 3. The zero-order chi connectivity index (χ0) is 14.9. The van der Waals surface area contributed by atoms with Crippen LogP contribution < -0.4 is 0 Å². The normalized spacial score (nSPS) is 11.0. The van der Waals surface area contributed by atoms with Crippen LogP contribution in [-0.2, 0) is 0 Å². The summed E-state index contributed by atoms with van der Waals surface area (Å²) in [4.78, 5) is 4.36. The number of hydrogen-bond donors (Lipinski definition) is 0. The van der Waals surface area contributed by atoms with E-state index in [4.69, 9.17) is 11.6 Å². The van der Waals surface area contributed by atoms with Gasteiger partial charge >= 0.3 is 0 Å². The van der Waals surface area contributed by atoms with Crippen molar-refractivity contribution in [1.82, 2.24) is 14.8 Å². The molecule has 0 N–H and O–H groups in total. The van der Waals surface area contributed by atoms with Crippen molar-refractivity contribution in [2.24, 2.45) is 0 Å². The van der Waals surface area contributed by atoms with Crippen molar-refractivity contribution in [3.05, 3.63) is 78.2 Å². The van der Waals surface area contributed by atoms with Gasteiger partial charge in [-0.05, 0) is 24.3 Å². The molecule has 0 bridgehead atoms. The molecule has 3 nitrogen and oxygen atoms in total. The Morgan fingerprint density at radius 3 is 2.50 bits per heavy atom. The average Bonchev–Trinajstić information content (AvgIpc) is 3.06. The Kier molecular flexibility index (Phi) is 3.13. The molecule has 0 aliphatic rings. The Labute approximate surface area is 132 Å². The fourth-order valence-electron chi connectivity index (χ4n) is 2.57. The molecule has 0 atom stereocenters. The van der Waals surface area contributed by atoms with Gasteiger partial charge in [0.2, 0.25) is 0 Å². The summed E-state index contributed by atoms with van der Waals surface area (Å²) in [5, 5.41) is 7.32. The van der Waals surface area contributed by atoms with Gasteiger partial charge in [-0.15, -0.1) is 0 Å². The van der Waals surface area contributed by atoms with Gasteiger partial charge in [0.05, 0.1) is 17.6 Å². The second-order valence-electron chi connectivity index (χ2n) is 5.00. The first-order valence-electron chi connectivity index (χ1n) is 6.96. The molecule has 2 aromatic heterocycles. The highest BCUT2D eigenvalue weighted by atomic mass is 35.5. The Morgan fingerprint density at radius 1 is 0.864 bits per heavy atom. The minimum atomic E-state index is 0.747. The summed E-state index contributed by atoms with van der Waals surface area (Å²) in [6.07, 6.45) is 5.59. The van der Waals surface area contributed by atoms with Gasteiger partial charge in [0, 0.05) is 33.8 Å². The summed E-state index contributed by atoms with van der Waals surface area (Å²) in [7, 11) is 0.